The maximum atomic E-state index is 9.97. The number of aliphatic hydroxyl groups is 1. The molecule has 0 aliphatic heterocycles. The number of hydrogen-bond donors (Lipinski definition) is 2. The van der Waals surface area contributed by atoms with Gasteiger partial charge in [-0.1, -0.05) is 17.4 Å². The molecule has 6 heteroatoms. The summed E-state index contributed by atoms with van der Waals surface area (Å²) < 4.78 is 1.12. The van der Waals surface area contributed by atoms with Crippen molar-refractivity contribution in [3.8, 4) is 0 Å². The molecule has 0 bridgehead atoms. The molecule has 3 rings (SSSR count). The van der Waals surface area contributed by atoms with Crippen LogP contribution in [0.15, 0.2) is 36.0 Å². The summed E-state index contributed by atoms with van der Waals surface area (Å²) in [5, 5.41) is 16.1. The summed E-state index contributed by atoms with van der Waals surface area (Å²) in [7, 11) is 0. The lowest BCUT2D eigenvalue weighted by Gasteiger charge is -2.08. The van der Waals surface area contributed by atoms with Crippen molar-refractivity contribution < 1.29 is 5.11 Å². The molecule has 3 heterocycles. The number of thiophene rings is 1. The number of hydrogen-bond acceptors (Lipinski definition) is 6. The molecule has 19 heavy (non-hydrogen) atoms. The monoisotopic (exact) mass is 291 g/mol. The number of nitrogens with zero attached hydrogens (tertiary/aromatic N) is 2. The van der Waals surface area contributed by atoms with Gasteiger partial charge in [0, 0.05) is 17.6 Å². The Morgan fingerprint density at radius 2 is 2.32 bits per heavy atom. The van der Waals surface area contributed by atoms with Crippen molar-refractivity contribution in [2.75, 3.05) is 11.9 Å². The fourth-order valence-corrected chi connectivity index (χ4v) is 3.40. The summed E-state index contributed by atoms with van der Waals surface area (Å²) in [5.41, 5.74) is 0.911. The van der Waals surface area contributed by atoms with Gasteiger partial charge in [0.25, 0.3) is 0 Å². The molecule has 0 saturated heterocycles. The van der Waals surface area contributed by atoms with Gasteiger partial charge in [0.2, 0.25) is 0 Å². The van der Waals surface area contributed by atoms with Gasteiger partial charge >= 0.3 is 0 Å². The summed E-state index contributed by atoms with van der Waals surface area (Å²) >= 11 is 3.19. The summed E-state index contributed by atoms with van der Waals surface area (Å²) in [6, 6.07) is 5.87. The predicted octanol–water partition coefficient (Wildman–Crippen LogP) is 3.29. The smallest absolute Gasteiger partial charge is 0.183 e. The van der Waals surface area contributed by atoms with Crippen LogP contribution in [0.2, 0.25) is 0 Å². The van der Waals surface area contributed by atoms with E-state index in [1.807, 2.05) is 23.6 Å². The van der Waals surface area contributed by atoms with Crippen molar-refractivity contribution in [2.45, 2.75) is 12.5 Å². The Morgan fingerprint density at radius 3 is 3.11 bits per heavy atom. The first-order valence-corrected chi connectivity index (χ1v) is 7.68. The van der Waals surface area contributed by atoms with Crippen LogP contribution < -0.4 is 5.32 Å². The van der Waals surface area contributed by atoms with Crippen LogP contribution in [0.3, 0.4) is 0 Å². The summed E-state index contributed by atoms with van der Waals surface area (Å²) in [6.45, 7) is 0.701. The number of fused-ring (bicyclic) bond motifs is 1. The predicted molar refractivity (Wildman–Crippen MR) is 79.8 cm³/mol. The van der Waals surface area contributed by atoms with E-state index < -0.39 is 6.10 Å². The van der Waals surface area contributed by atoms with Gasteiger partial charge in [0.05, 0.1) is 17.0 Å². The Bertz CT molecular complexity index is 618. The van der Waals surface area contributed by atoms with E-state index in [0.717, 1.165) is 20.2 Å². The molecule has 98 valence electrons. The van der Waals surface area contributed by atoms with Gasteiger partial charge in [-0.05, 0) is 23.9 Å². The number of aliphatic hydroxyl groups excluding tert-OH is 1. The molecule has 0 aliphatic rings. The zero-order chi connectivity index (χ0) is 13.1. The number of nitrogens with one attached hydrogen (secondary N) is 1. The van der Waals surface area contributed by atoms with E-state index >= 15 is 0 Å². The van der Waals surface area contributed by atoms with Crippen LogP contribution >= 0.6 is 22.7 Å². The first-order chi connectivity index (χ1) is 9.33. The quantitative estimate of drug-likeness (QED) is 0.757. The lowest BCUT2D eigenvalue weighted by atomic mass is 10.2. The van der Waals surface area contributed by atoms with Crippen LogP contribution in [0.1, 0.15) is 17.4 Å². The van der Waals surface area contributed by atoms with E-state index in [1.165, 1.54) is 0 Å². The van der Waals surface area contributed by atoms with Gasteiger partial charge in [0.15, 0.2) is 5.13 Å². The second kappa shape index (κ2) is 5.64. The van der Waals surface area contributed by atoms with Gasteiger partial charge in [0.1, 0.15) is 5.52 Å². The van der Waals surface area contributed by atoms with Crippen molar-refractivity contribution in [2.24, 2.45) is 0 Å². The van der Waals surface area contributed by atoms with E-state index in [4.69, 9.17) is 0 Å². The molecule has 1 unspecified atom stereocenters. The summed E-state index contributed by atoms with van der Waals surface area (Å²) in [5.74, 6) is 0. The molecule has 0 fully saturated rings. The van der Waals surface area contributed by atoms with E-state index in [2.05, 4.69) is 15.3 Å². The fourth-order valence-electron chi connectivity index (χ4n) is 1.79. The third-order valence-corrected chi connectivity index (χ3v) is 4.72. The van der Waals surface area contributed by atoms with Gasteiger partial charge in [-0.2, -0.15) is 0 Å². The molecule has 0 spiro atoms. The van der Waals surface area contributed by atoms with Gasteiger partial charge in [-0.25, -0.2) is 4.98 Å². The van der Waals surface area contributed by atoms with Crippen molar-refractivity contribution in [1.29, 1.82) is 0 Å². The van der Waals surface area contributed by atoms with Crippen molar-refractivity contribution >= 4 is 38.0 Å². The number of aromatic nitrogens is 2. The highest BCUT2D eigenvalue weighted by atomic mass is 32.1. The Kier molecular flexibility index (Phi) is 3.72. The topological polar surface area (TPSA) is 58.0 Å². The van der Waals surface area contributed by atoms with Crippen LogP contribution in [0, 0.1) is 0 Å². The molecule has 3 aromatic rings. The minimum absolute atomic E-state index is 0.399. The Morgan fingerprint density at radius 1 is 1.37 bits per heavy atom. The van der Waals surface area contributed by atoms with Crippen LogP contribution in [0.4, 0.5) is 5.13 Å². The highest BCUT2D eigenvalue weighted by molar-refractivity contribution is 7.22. The average Bonchev–Trinajstić information content (AvgIpc) is 3.07. The van der Waals surface area contributed by atoms with Crippen LogP contribution in [-0.4, -0.2) is 21.6 Å². The second-order valence-electron chi connectivity index (χ2n) is 4.11. The fraction of sp³-hybridized carbons (Fsp3) is 0.231. The number of pyridine rings is 1. The van der Waals surface area contributed by atoms with Crippen molar-refractivity contribution in [3.63, 3.8) is 0 Å². The van der Waals surface area contributed by atoms with Gasteiger partial charge in [-0.15, -0.1) is 11.3 Å². The molecule has 0 saturated carbocycles. The molecule has 2 N–H and O–H groups in total. The normalized spacial score (nSPS) is 12.7. The molecule has 0 aromatic carbocycles. The summed E-state index contributed by atoms with van der Waals surface area (Å²) in [4.78, 5) is 9.49. The first-order valence-electron chi connectivity index (χ1n) is 5.99. The third-order valence-electron chi connectivity index (χ3n) is 2.76. The SMILES string of the molecule is OC(CCNc1nc2cnccc2s1)c1cccs1. The molecule has 0 aliphatic carbocycles. The molecule has 0 radical (unpaired) electrons. The highest BCUT2D eigenvalue weighted by Crippen LogP contribution is 2.26. The Balaban J connectivity index is 1.57. The molecular formula is C13H13N3OS2. The largest absolute Gasteiger partial charge is 0.388 e. The first kappa shape index (κ1) is 12.5. The molecule has 3 aromatic heterocycles. The van der Waals surface area contributed by atoms with Crippen LogP contribution in [0.25, 0.3) is 10.2 Å². The van der Waals surface area contributed by atoms with Crippen LogP contribution in [-0.2, 0) is 0 Å². The zero-order valence-corrected chi connectivity index (χ0v) is 11.7. The second-order valence-corrected chi connectivity index (χ2v) is 6.12. The van der Waals surface area contributed by atoms with Crippen LogP contribution in [0.5, 0.6) is 0 Å². The van der Waals surface area contributed by atoms with Crippen molar-refractivity contribution in [3.05, 3.63) is 40.8 Å². The average molecular weight is 291 g/mol. The van der Waals surface area contributed by atoms with Crippen molar-refractivity contribution in [1.82, 2.24) is 9.97 Å². The molecule has 4 nitrogen and oxygen atoms in total. The standard InChI is InChI=1S/C13H13N3OS2/c17-10(12-2-1-7-18-12)3-6-15-13-16-9-8-14-5-4-11(9)19-13/h1-2,4-5,7-8,10,17H,3,6H2,(H,15,16). The van der Waals surface area contributed by atoms with Gasteiger partial charge < -0.3 is 10.4 Å². The van der Waals surface area contributed by atoms with E-state index in [-0.39, 0.29) is 0 Å². The maximum absolute atomic E-state index is 9.97. The van der Waals surface area contributed by atoms with E-state index in [9.17, 15) is 5.11 Å². The molecular weight excluding hydrogens is 278 g/mol. The summed E-state index contributed by atoms with van der Waals surface area (Å²) in [6.07, 6.45) is 3.81. The zero-order valence-electron chi connectivity index (χ0n) is 10.1. The van der Waals surface area contributed by atoms with Gasteiger partial charge in [-0.3, -0.25) is 4.98 Å². The number of thiazole rings is 1. The van der Waals surface area contributed by atoms with E-state index in [0.29, 0.717) is 13.0 Å². The lowest BCUT2D eigenvalue weighted by Crippen LogP contribution is -2.06. The lowest BCUT2D eigenvalue weighted by molar-refractivity contribution is 0.175. The highest BCUT2D eigenvalue weighted by Gasteiger charge is 2.08. The third kappa shape index (κ3) is 2.91. The maximum Gasteiger partial charge on any atom is 0.183 e. The minimum atomic E-state index is -0.399. The molecule has 0 amide bonds. The van der Waals surface area contributed by atoms with E-state index in [1.54, 1.807) is 35.1 Å². The number of rotatable bonds is 5. The molecule has 1 atom stereocenters. The Hall–Kier alpha value is -1.50. The minimum Gasteiger partial charge on any atom is -0.388 e. The number of anilines is 1. The Labute approximate surface area is 118 Å².